The topological polar surface area (TPSA) is 55.4 Å². The molecule has 0 saturated heterocycles. The number of carbonyl (C=O) groups excluding carboxylic acids is 2. The monoisotopic (exact) mass is 335 g/mol. The van der Waals surface area contributed by atoms with Crippen molar-refractivity contribution in [2.24, 2.45) is 5.92 Å². The predicted molar refractivity (Wildman–Crippen MR) is 92.6 cm³/mol. The van der Waals surface area contributed by atoms with Gasteiger partial charge in [-0.25, -0.2) is 4.79 Å². The lowest BCUT2D eigenvalue weighted by Gasteiger charge is -2.18. The van der Waals surface area contributed by atoms with Crippen LogP contribution in [0.15, 0.2) is 23.1 Å². The largest absolute Gasteiger partial charge is 0.467 e. The lowest BCUT2D eigenvalue weighted by atomic mass is 10.0. The third kappa shape index (κ3) is 5.27. The van der Waals surface area contributed by atoms with Gasteiger partial charge >= 0.3 is 5.97 Å². The molecule has 1 N–H and O–H groups in total. The number of rotatable bonds is 7. The molecule has 0 heterocycles. The Labute approximate surface area is 142 Å². The maximum Gasteiger partial charge on any atom is 0.328 e. The summed E-state index contributed by atoms with van der Waals surface area (Å²) in [5, 5.41) is 2.79. The molecule has 0 fully saturated rings. The summed E-state index contributed by atoms with van der Waals surface area (Å²) in [5.74, 6) is 0.106. The Kier molecular flexibility index (Phi) is 6.51. The van der Waals surface area contributed by atoms with Crippen LogP contribution in [0.25, 0.3) is 0 Å². The molecule has 0 aromatic heterocycles. The first-order valence-electron chi connectivity index (χ1n) is 8.11. The standard InChI is InChI=1S/C18H25NO3S/c1-12(2)9-16(18(21)22-3)19-17(20)11-23-15-8-7-13-5-4-6-14(13)10-15/h7-8,10,12,16H,4-6,9,11H2,1-3H3,(H,19,20). The van der Waals surface area contributed by atoms with Crippen LogP contribution in [0.4, 0.5) is 0 Å². The number of carbonyl (C=O) groups is 2. The number of fused-ring (bicyclic) bond motifs is 1. The van der Waals surface area contributed by atoms with Gasteiger partial charge < -0.3 is 10.1 Å². The summed E-state index contributed by atoms with van der Waals surface area (Å²) in [6.45, 7) is 4.03. The highest BCUT2D eigenvalue weighted by atomic mass is 32.2. The average Bonchev–Trinajstić information content (AvgIpc) is 2.98. The Morgan fingerprint density at radius 3 is 2.70 bits per heavy atom. The zero-order chi connectivity index (χ0) is 16.8. The first-order chi connectivity index (χ1) is 11.0. The molecule has 0 saturated carbocycles. The predicted octanol–water partition coefficient (Wildman–Crippen LogP) is 2.97. The van der Waals surface area contributed by atoms with E-state index in [1.807, 2.05) is 13.8 Å². The van der Waals surface area contributed by atoms with Gasteiger partial charge in [-0.3, -0.25) is 4.79 Å². The summed E-state index contributed by atoms with van der Waals surface area (Å²) in [6, 6.07) is 5.87. The second-order valence-corrected chi connectivity index (χ2v) is 7.39. The molecule has 0 bridgehead atoms. The minimum Gasteiger partial charge on any atom is -0.467 e. The van der Waals surface area contributed by atoms with E-state index >= 15 is 0 Å². The zero-order valence-corrected chi connectivity index (χ0v) is 14.9. The van der Waals surface area contributed by atoms with E-state index in [-0.39, 0.29) is 11.9 Å². The third-order valence-electron chi connectivity index (χ3n) is 3.97. The molecular weight excluding hydrogens is 310 g/mol. The van der Waals surface area contributed by atoms with Crippen molar-refractivity contribution in [3.63, 3.8) is 0 Å². The Morgan fingerprint density at radius 2 is 2.00 bits per heavy atom. The highest BCUT2D eigenvalue weighted by Gasteiger charge is 2.22. The molecule has 23 heavy (non-hydrogen) atoms. The maximum absolute atomic E-state index is 12.1. The molecule has 1 unspecified atom stereocenters. The van der Waals surface area contributed by atoms with Crippen LogP contribution < -0.4 is 5.32 Å². The van der Waals surface area contributed by atoms with E-state index in [0.717, 1.165) is 17.7 Å². The van der Waals surface area contributed by atoms with Gasteiger partial charge in [-0.15, -0.1) is 11.8 Å². The van der Waals surface area contributed by atoms with Gasteiger partial charge in [0.2, 0.25) is 5.91 Å². The van der Waals surface area contributed by atoms with E-state index in [0.29, 0.717) is 18.1 Å². The lowest BCUT2D eigenvalue weighted by molar-refractivity contribution is -0.145. The quantitative estimate of drug-likeness (QED) is 0.615. The van der Waals surface area contributed by atoms with Crippen LogP contribution in [0.3, 0.4) is 0 Å². The van der Waals surface area contributed by atoms with Crippen LogP contribution >= 0.6 is 11.8 Å². The molecular formula is C18H25NO3S. The van der Waals surface area contributed by atoms with Gasteiger partial charge in [0.1, 0.15) is 6.04 Å². The number of hydrogen-bond acceptors (Lipinski definition) is 4. The van der Waals surface area contributed by atoms with Gasteiger partial charge in [-0.2, -0.15) is 0 Å². The summed E-state index contributed by atoms with van der Waals surface area (Å²) < 4.78 is 4.77. The first kappa shape index (κ1) is 17.9. The second kappa shape index (κ2) is 8.39. The Bertz CT molecular complexity index is 571. The summed E-state index contributed by atoms with van der Waals surface area (Å²) in [4.78, 5) is 25.0. The van der Waals surface area contributed by atoms with E-state index in [1.54, 1.807) is 0 Å². The highest BCUT2D eigenvalue weighted by Crippen LogP contribution is 2.27. The van der Waals surface area contributed by atoms with E-state index in [9.17, 15) is 9.59 Å². The van der Waals surface area contributed by atoms with Gasteiger partial charge in [0, 0.05) is 4.90 Å². The number of esters is 1. The van der Waals surface area contributed by atoms with Crippen LogP contribution in [0, 0.1) is 5.92 Å². The number of nitrogens with one attached hydrogen (secondary N) is 1. The van der Waals surface area contributed by atoms with Crippen molar-refractivity contribution < 1.29 is 14.3 Å². The van der Waals surface area contributed by atoms with Gasteiger partial charge in [-0.1, -0.05) is 19.9 Å². The molecule has 1 atom stereocenters. The molecule has 1 aromatic carbocycles. The molecule has 5 heteroatoms. The number of thioether (sulfide) groups is 1. The fourth-order valence-electron chi connectivity index (χ4n) is 2.85. The van der Waals surface area contributed by atoms with Gasteiger partial charge in [0.25, 0.3) is 0 Å². The van der Waals surface area contributed by atoms with E-state index < -0.39 is 6.04 Å². The molecule has 0 aliphatic heterocycles. The van der Waals surface area contributed by atoms with Crippen molar-refractivity contribution in [3.8, 4) is 0 Å². The zero-order valence-electron chi connectivity index (χ0n) is 14.1. The first-order valence-corrected chi connectivity index (χ1v) is 9.10. The normalized spacial score (nSPS) is 14.4. The van der Waals surface area contributed by atoms with Crippen molar-refractivity contribution in [2.75, 3.05) is 12.9 Å². The van der Waals surface area contributed by atoms with Crippen molar-refractivity contribution in [1.29, 1.82) is 0 Å². The van der Waals surface area contributed by atoms with Crippen molar-refractivity contribution in [3.05, 3.63) is 29.3 Å². The molecule has 126 valence electrons. The summed E-state index contributed by atoms with van der Waals surface area (Å²) >= 11 is 1.51. The Balaban J connectivity index is 1.87. The van der Waals surface area contributed by atoms with Crippen LogP contribution in [0.1, 0.15) is 37.8 Å². The minimum atomic E-state index is -0.562. The minimum absolute atomic E-state index is 0.133. The summed E-state index contributed by atoms with van der Waals surface area (Å²) in [5.41, 5.74) is 2.84. The number of ether oxygens (including phenoxy) is 1. The van der Waals surface area contributed by atoms with E-state index in [4.69, 9.17) is 4.74 Å². The van der Waals surface area contributed by atoms with Crippen LogP contribution in [0.2, 0.25) is 0 Å². The SMILES string of the molecule is COC(=O)C(CC(C)C)NC(=O)CSc1ccc2c(c1)CCC2. The molecule has 1 aliphatic carbocycles. The number of hydrogen-bond donors (Lipinski definition) is 1. The molecule has 2 rings (SSSR count). The number of amides is 1. The molecule has 4 nitrogen and oxygen atoms in total. The van der Waals surface area contributed by atoms with Gasteiger partial charge in [0.15, 0.2) is 0 Å². The van der Waals surface area contributed by atoms with Crippen LogP contribution in [-0.2, 0) is 27.2 Å². The highest BCUT2D eigenvalue weighted by molar-refractivity contribution is 8.00. The van der Waals surface area contributed by atoms with Crippen molar-refractivity contribution in [1.82, 2.24) is 5.32 Å². The number of methoxy groups -OCH3 is 1. The Morgan fingerprint density at radius 1 is 1.26 bits per heavy atom. The second-order valence-electron chi connectivity index (χ2n) is 6.35. The van der Waals surface area contributed by atoms with Crippen molar-refractivity contribution >= 4 is 23.6 Å². The molecule has 1 aliphatic rings. The lowest BCUT2D eigenvalue weighted by Crippen LogP contribution is -2.43. The number of aryl methyl sites for hydroxylation is 2. The molecule has 0 spiro atoms. The average molecular weight is 335 g/mol. The molecule has 1 amide bonds. The van der Waals surface area contributed by atoms with Gasteiger partial charge in [0.05, 0.1) is 12.9 Å². The summed E-state index contributed by atoms with van der Waals surface area (Å²) in [7, 11) is 1.35. The van der Waals surface area contributed by atoms with Crippen LogP contribution in [0.5, 0.6) is 0 Å². The fourth-order valence-corrected chi connectivity index (χ4v) is 3.62. The number of benzene rings is 1. The Hall–Kier alpha value is -1.49. The summed E-state index contributed by atoms with van der Waals surface area (Å²) in [6.07, 6.45) is 4.10. The fraction of sp³-hybridized carbons (Fsp3) is 0.556. The smallest absolute Gasteiger partial charge is 0.328 e. The third-order valence-corrected chi connectivity index (χ3v) is 4.96. The maximum atomic E-state index is 12.1. The van der Waals surface area contributed by atoms with Crippen LogP contribution in [-0.4, -0.2) is 30.8 Å². The van der Waals surface area contributed by atoms with Crippen molar-refractivity contribution in [2.45, 2.75) is 50.5 Å². The van der Waals surface area contributed by atoms with E-state index in [2.05, 4.69) is 23.5 Å². The van der Waals surface area contributed by atoms with Gasteiger partial charge in [-0.05, 0) is 54.9 Å². The molecule has 1 aromatic rings. The van der Waals surface area contributed by atoms with E-state index in [1.165, 1.54) is 36.4 Å². The molecule has 0 radical (unpaired) electrons.